The molecule has 0 aromatic heterocycles. The molecule has 2 aromatic carbocycles. The molecule has 31 heavy (non-hydrogen) atoms. The highest BCUT2D eigenvalue weighted by Crippen LogP contribution is 2.49. The lowest BCUT2D eigenvalue weighted by molar-refractivity contribution is -0.275. The van der Waals surface area contributed by atoms with E-state index >= 15 is 0 Å². The van der Waals surface area contributed by atoms with Crippen molar-refractivity contribution in [3.05, 3.63) is 68.7 Å². The Morgan fingerprint density at radius 2 is 1.84 bits per heavy atom. The molecule has 1 aliphatic rings. The second kappa shape index (κ2) is 8.76. The van der Waals surface area contributed by atoms with Crippen LogP contribution in [0.25, 0.3) is 0 Å². The number of benzene rings is 2. The third kappa shape index (κ3) is 4.86. The highest BCUT2D eigenvalue weighted by Gasteiger charge is 2.62. The topological polar surface area (TPSA) is 37.2 Å². The summed E-state index contributed by atoms with van der Waals surface area (Å²) in [6.07, 6.45) is -3.68. The zero-order valence-corrected chi connectivity index (χ0v) is 19.1. The first-order valence-electron chi connectivity index (χ1n) is 9.07. The summed E-state index contributed by atoms with van der Waals surface area (Å²) >= 11 is 17.2. The molecule has 4 nitrogen and oxygen atoms in total. The number of hydrogen-bond acceptors (Lipinski definition) is 3. The minimum absolute atomic E-state index is 0.0789. The minimum Gasteiger partial charge on any atom is -0.374 e. The Bertz CT molecular complexity index is 1070. The fraction of sp³-hybridized carbons (Fsp3) is 0.286. The molecule has 0 saturated carbocycles. The van der Waals surface area contributed by atoms with E-state index in [1.165, 1.54) is 18.2 Å². The van der Waals surface area contributed by atoms with Crippen molar-refractivity contribution in [3.8, 4) is 0 Å². The molecule has 2 aromatic rings. The zero-order valence-electron chi connectivity index (χ0n) is 16.8. The van der Waals surface area contributed by atoms with Crippen LogP contribution in [0.1, 0.15) is 28.7 Å². The maximum absolute atomic E-state index is 14.1. The molecule has 0 amide bonds. The van der Waals surface area contributed by atoms with Gasteiger partial charge in [0, 0.05) is 41.7 Å². The molecule has 0 saturated heterocycles. The van der Waals surface area contributed by atoms with Gasteiger partial charge in [0.15, 0.2) is 0 Å². The summed E-state index contributed by atoms with van der Waals surface area (Å²) in [6, 6.07) is 8.82. The van der Waals surface area contributed by atoms with Crippen LogP contribution >= 0.6 is 35.4 Å². The molecule has 0 fully saturated rings. The monoisotopic (exact) mass is 487 g/mol. The number of oxime groups is 1. The van der Waals surface area contributed by atoms with Gasteiger partial charge in [-0.1, -0.05) is 52.7 Å². The number of aliphatic imine (C=N–C) groups is 1. The smallest absolute Gasteiger partial charge is 0.374 e. The molecule has 1 heterocycles. The van der Waals surface area contributed by atoms with Crippen LogP contribution in [-0.2, 0) is 10.4 Å². The van der Waals surface area contributed by atoms with Crippen molar-refractivity contribution >= 4 is 52.5 Å². The standard InChI is InChI=1S/C21H18Cl2F3N3OS/c1-12-6-13(4-5-17(12)19(31)27-11-29(2)3)18-10-20(30-28-18,21(24,25)26)14-7-15(22)9-16(23)8-14/h4-9,11H,10H2,1-3H3. The largest absolute Gasteiger partial charge is 0.435 e. The molecule has 1 aliphatic heterocycles. The van der Waals surface area contributed by atoms with Gasteiger partial charge in [0.25, 0.3) is 5.60 Å². The number of thiocarbonyl (C=S) groups is 1. The second-order valence-electron chi connectivity index (χ2n) is 7.33. The van der Waals surface area contributed by atoms with Crippen LogP contribution in [0.5, 0.6) is 0 Å². The normalized spacial score (nSPS) is 18.8. The van der Waals surface area contributed by atoms with E-state index < -0.39 is 18.2 Å². The fourth-order valence-electron chi connectivity index (χ4n) is 3.17. The van der Waals surface area contributed by atoms with Gasteiger partial charge in [0.05, 0.1) is 12.1 Å². The van der Waals surface area contributed by atoms with Crippen LogP contribution in [0.15, 0.2) is 46.5 Å². The fourth-order valence-corrected chi connectivity index (χ4v) is 3.97. The van der Waals surface area contributed by atoms with E-state index in [9.17, 15) is 13.2 Å². The van der Waals surface area contributed by atoms with Crippen molar-refractivity contribution in [2.75, 3.05) is 14.1 Å². The summed E-state index contributed by atoms with van der Waals surface area (Å²) in [4.78, 5) is 11.4. The molecule has 3 rings (SSSR count). The highest BCUT2D eigenvalue weighted by atomic mass is 35.5. The Morgan fingerprint density at radius 3 is 2.39 bits per heavy atom. The second-order valence-corrected chi connectivity index (χ2v) is 8.59. The van der Waals surface area contributed by atoms with E-state index in [0.717, 1.165) is 5.56 Å². The molecule has 1 atom stereocenters. The predicted molar refractivity (Wildman–Crippen MR) is 121 cm³/mol. The Balaban J connectivity index is 1.94. The number of rotatable bonds is 4. The molecule has 0 bridgehead atoms. The Kier molecular flexibility index (Phi) is 6.64. The van der Waals surface area contributed by atoms with Crippen molar-refractivity contribution in [1.82, 2.24) is 4.90 Å². The van der Waals surface area contributed by atoms with Gasteiger partial charge in [-0.2, -0.15) is 13.2 Å². The average molecular weight is 488 g/mol. The number of nitrogens with zero attached hydrogens (tertiary/aromatic N) is 3. The average Bonchev–Trinajstić information content (AvgIpc) is 3.12. The summed E-state index contributed by atoms with van der Waals surface area (Å²) in [7, 11) is 3.64. The third-order valence-electron chi connectivity index (χ3n) is 4.71. The lowest BCUT2D eigenvalue weighted by atomic mass is 9.86. The Labute approximate surface area is 193 Å². The van der Waals surface area contributed by atoms with Gasteiger partial charge in [-0.05, 0) is 42.3 Å². The molecule has 1 unspecified atom stereocenters. The number of alkyl halides is 3. The van der Waals surface area contributed by atoms with Crippen LogP contribution < -0.4 is 0 Å². The lowest BCUT2D eigenvalue weighted by Crippen LogP contribution is -2.42. The van der Waals surface area contributed by atoms with Crippen molar-refractivity contribution in [2.45, 2.75) is 25.1 Å². The lowest BCUT2D eigenvalue weighted by Gasteiger charge is -2.29. The van der Waals surface area contributed by atoms with E-state index in [4.69, 9.17) is 40.3 Å². The molecule has 0 radical (unpaired) electrons. The first kappa shape index (κ1) is 23.5. The van der Waals surface area contributed by atoms with E-state index in [-0.39, 0.29) is 21.3 Å². The number of aryl methyl sites for hydroxylation is 1. The molecule has 10 heteroatoms. The van der Waals surface area contributed by atoms with Crippen LogP contribution in [-0.4, -0.2) is 42.2 Å². The molecule has 0 spiro atoms. The third-order valence-corrected chi connectivity index (χ3v) is 5.47. The summed E-state index contributed by atoms with van der Waals surface area (Å²) in [6.45, 7) is 1.81. The summed E-state index contributed by atoms with van der Waals surface area (Å²) in [5.74, 6) is 0. The summed E-state index contributed by atoms with van der Waals surface area (Å²) in [5.41, 5.74) is -0.750. The van der Waals surface area contributed by atoms with Gasteiger partial charge in [0.2, 0.25) is 0 Å². The van der Waals surface area contributed by atoms with Gasteiger partial charge < -0.3 is 9.74 Å². The number of hydrogen-bond donors (Lipinski definition) is 0. The minimum atomic E-state index is -4.75. The molecule has 0 N–H and O–H groups in total. The summed E-state index contributed by atoms with van der Waals surface area (Å²) < 4.78 is 42.4. The first-order valence-corrected chi connectivity index (χ1v) is 10.2. The zero-order chi connectivity index (χ0) is 23.0. The van der Waals surface area contributed by atoms with E-state index in [1.807, 2.05) is 14.1 Å². The van der Waals surface area contributed by atoms with Crippen LogP contribution in [0.3, 0.4) is 0 Å². The van der Waals surface area contributed by atoms with Crippen LogP contribution in [0.2, 0.25) is 10.0 Å². The van der Waals surface area contributed by atoms with Gasteiger partial charge in [-0.3, -0.25) is 0 Å². The van der Waals surface area contributed by atoms with Crippen molar-refractivity contribution in [1.29, 1.82) is 0 Å². The van der Waals surface area contributed by atoms with Crippen molar-refractivity contribution < 1.29 is 18.0 Å². The van der Waals surface area contributed by atoms with Gasteiger partial charge in [-0.25, -0.2) is 4.99 Å². The predicted octanol–water partition coefficient (Wildman–Crippen LogP) is 6.15. The number of halogens is 5. The van der Waals surface area contributed by atoms with E-state index in [0.29, 0.717) is 16.1 Å². The highest BCUT2D eigenvalue weighted by molar-refractivity contribution is 7.80. The quantitative estimate of drug-likeness (QED) is 0.294. The molecule has 164 valence electrons. The maximum atomic E-state index is 14.1. The maximum Gasteiger partial charge on any atom is 0.435 e. The molecule has 0 aliphatic carbocycles. The van der Waals surface area contributed by atoms with E-state index in [1.54, 1.807) is 36.4 Å². The van der Waals surface area contributed by atoms with Gasteiger partial charge in [0.1, 0.15) is 4.99 Å². The van der Waals surface area contributed by atoms with Gasteiger partial charge in [-0.15, -0.1) is 0 Å². The first-order chi connectivity index (χ1) is 14.4. The Hall–Kier alpha value is -2.16. The SMILES string of the molecule is Cc1cc(C2=NOC(c3cc(Cl)cc(Cl)c3)(C(F)(F)F)C2)ccc1C(=S)N=CN(C)C. The molecular weight excluding hydrogens is 470 g/mol. The van der Waals surface area contributed by atoms with Gasteiger partial charge >= 0.3 is 6.18 Å². The summed E-state index contributed by atoms with van der Waals surface area (Å²) in [5, 5.41) is 3.94. The van der Waals surface area contributed by atoms with Crippen molar-refractivity contribution in [3.63, 3.8) is 0 Å². The Morgan fingerprint density at radius 1 is 1.19 bits per heavy atom. The van der Waals surface area contributed by atoms with Crippen LogP contribution in [0.4, 0.5) is 13.2 Å². The van der Waals surface area contributed by atoms with E-state index in [2.05, 4.69) is 10.1 Å². The van der Waals surface area contributed by atoms with Crippen LogP contribution in [0, 0.1) is 6.92 Å². The van der Waals surface area contributed by atoms with Crippen molar-refractivity contribution in [2.24, 2.45) is 10.1 Å². The molecular formula is C21H18Cl2F3N3OS.